The van der Waals surface area contributed by atoms with Gasteiger partial charge in [-0.05, 0) is 25.0 Å². The summed E-state index contributed by atoms with van der Waals surface area (Å²) >= 11 is 0. The van der Waals surface area contributed by atoms with Crippen molar-refractivity contribution in [3.8, 4) is 6.07 Å². The smallest absolute Gasteiger partial charge is 0.101 e. The summed E-state index contributed by atoms with van der Waals surface area (Å²) < 4.78 is 0. The van der Waals surface area contributed by atoms with Crippen molar-refractivity contribution >= 4 is 11.0 Å². The summed E-state index contributed by atoms with van der Waals surface area (Å²) in [7, 11) is 0. The molecule has 14 heavy (non-hydrogen) atoms. The van der Waals surface area contributed by atoms with E-state index in [2.05, 4.69) is 23.0 Å². The minimum Gasteiger partial charge on any atom is -0.357 e. The molecule has 0 radical (unpaired) electrons. The number of aromatic amines is 1. The Morgan fingerprint density at radius 2 is 2.36 bits per heavy atom. The Hall–Kier alpha value is -1.82. The number of aryl methyl sites for hydroxylation is 2. The first-order chi connectivity index (χ1) is 6.76. The molecule has 0 aliphatic heterocycles. The molecule has 3 nitrogen and oxygen atoms in total. The average molecular weight is 185 g/mol. The van der Waals surface area contributed by atoms with Crippen LogP contribution in [0, 0.1) is 18.3 Å². The van der Waals surface area contributed by atoms with Crippen molar-refractivity contribution in [2.45, 2.75) is 20.3 Å². The minimum atomic E-state index is 0.599. The highest BCUT2D eigenvalue weighted by Gasteiger charge is 2.07. The molecule has 0 atom stereocenters. The topological polar surface area (TPSA) is 52.5 Å². The van der Waals surface area contributed by atoms with Crippen molar-refractivity contribution in [1.82, 2.24) is 9.97 Å². The predicted octanol–water partition coefficient (Wildman–Crippen LogP) is 2.31. The Morgan fingerprint density at radius 1 is 1.57 bits per heavy atom. The van der Waals surface area contributed by atoms with Crippen molar-refractivity contribution in [1.29, 1.82) is 5.26 Å². The Morgan fingerprint density at radius 3 is 3.00 bits per heavy atom. The van der Waals surface area contributed by atoms with Gasteiger partial charge in [0.15, 0.2) is 0 Å². The van der Waals surface area contributed by atoms with Gasteiger partial charge >= 0.3 is 0 Å². The standard InChI is InChI=1S/C11H11N3/c1-3-9-7(2)14-10-4-8(5-12)6-13-11(9)10/h4,6,14H,3H2,1-2H3. The molecule has 0 unspecified atom stereocenters. The number of nitriles is 1. The van der Waals surface area contributed by atoms with Gasteiger partial charge in [0.25, 0.3) is 0 Å². The van der Waals surface area contributed by atoms with Gasteiger partial charge in [-0.25, -0.2) is 0 Å². The van der Waals surface area contributed by atoms with Crippen LogP contribution >= 0.6 is 0 Å². The molecule has 2 rings (SSSR count). The van der Waals surface area contributed by atoms with Gasteiger partial charge in [0.1, 0.15) is 6.07 Å². The molecule has 0 aliphatic carbocycles. The molecular weight excluding hydrogens is 174 g/mol. The van der Waals surface area contributed by atoms with Crippen molar-refractivity contribution in [3.63, 3.8) is 0 Å². The average Bonchev–Trinajstić information content (AvgIpc) is 2.51. The number of pyridine rings is 1. The Kier molecular flexibility index (Phi) is 1.97. The zero-order valence-corrected chi connectivity index (χ0v) is 8.26. The molecule has 2 aromatic heterocycles. The highest BCUT2D eigenvalue weighted by atomic mass is 14.8. The van der Waals surface area contributed by atoms with Crippen LogP contribution in [0.3, 0.4) is 0 Å². The summed E-state index contributed by atoms with van der Waals surface area (Å²) in [4.78, 5) is 7.53. The van der Waals surface area contributed by atoms with Crippen LogP contribution in [0.5, 0.6) is 0 Å². The number of hydrogen-bond acceptors (Lipinski definition) is 2. The molecule has 0 fully saturated rings. The van der Waals surface area contributed by atoms with Crippen LogP contribution in [0.1, 0.15) is 23.7 Å². The van der Waals surface area contributed by atoms with Crippen molar-refractivity contribution in [2.24, 2.45) is 0 Å². The highest BCUT2D eigenvalue weighted by Crippen LogP contribution is 2.20. The fraction of sp³-hybridized carbons (Fsp3) is 0.273. The number of nitrogens with one attached hydrogen (secondary N) is 1. The van der Waals surface area contributed by atoms with Crippen LogP contribution in [0.25, 0.3) is 11.0 Å². The number of H-pyrrole nitrogens is 1. The number of nitrogens with zero attached hydrogens (tertiary/aromatic N) is 2. The van der Waals surface area contributed by atoms with Crippen LogP contribution in [-0.4, -0.2) is 9.97 Å². The Labute approximate surface area is 82.4 Å². The maximum atomic E-state index is 8.73. The molecule has 0 saturated carbocycles. The van der Waals surface area contributed by atoms with Gasteiger partial charge in [-0.15, -0.1) is 0 Å². The van der Waals surface area contributed by atoms with E-state index >= 15 is 0 Å². The van der Waals surface area contributed by atoms with E-state index in [1.54, 1.807) is 6.20 Å². The van der Waals surface area contributed by atoms with Gasteiger partial charge < -0.3 is 4.98 Å². The molecular formula is C11H11N3. The fourth-order valence-electron chi connectivity index (χ4n) is 1.75. The second-order valence-corrected chi connectivity index (χ2v) is 3.31. The zero-order valence-electron chi connectivity index (χ0n) is 8.26. The van der Waals surface area contributed by atoms with E-state index in [4.69, 9.17) is 5.26 Å². The minimum absolute atomic E-state index is 0.599. The van der Waals surface area contributed by atoms with Gasteiger partial charge in [0, 0.05) is 11.9 Å². The molecule has 0 bridgehead atoms. The van der Waals surface area contributed by atoms with Gasteiger partial charge in [-0.2, -0.15) is 5.26 Å². The summed E-state index contributed by atoms with van der Waals surface area (Å²) in [6.45, 7) is 4.14. The van der Waals surface area contributed by atoms with Crippen molar-refractivity contribution in [3.05, 3.63) is 29.1 Å². The van der Waals surface area contributed by atoms with Crippen LogP contribution in [-0.2, 0) is 6.42 Å². The van der Waals surface area contributed by atoms with E-state index in [0.29, 0.717) is 5.56 Å². The second-order valence-electron chi connectivity index (χ2n) is 3.31. The maximum absolute atomic E-state index is 8.73. The maximum Gasteiger partial charge on any atom is 0.101 e. The fourth-order valence-corrected chi connectivity index (χ4v) is 1.75. The molecule has 0 spiro atoms. The van der Waals surface area contributed by atoms with Crippen molar-refractivity contribution in [2.75, 3.05) is 0 Å². The molecule has 2 aromatic rings. The van der Waals surface area contributed by atoms with Gasteiger partial charge in [0.2, 0.25) is 0 Å². The SMILES string of the molecule is CCc1c(C)[nH]c2cc(C#N)cnc12. The second kappa shape index (κ2) is 3.15. The molecule has 1 N–H and O–H groups in total. The van der Waals surface area contributed by atoms with Crippen LogP contribution in [0.2, 0.25) is 0 Å². The van der Waals surface area contributed by atoms with Crippen LogP contribution < -0.4 is 0 Å². The van der Waals surface area contributed by atoms with E-state index in [-0.39, 0.29) is 0 Å². The molecule has 2 heterocycles. The first-order valence-electron chi connectivity index (χ1n) is 4.63. The summed E-state index contributed by atoms with van der Waals surface area (Å²) in [5, 5.41) is 8.73. The molecule has 0 amide bonds. The number of hydrogen-bond donors (Lipinski definition) is 1. The molecule has 70 valence electrons. The third-order valence-corrected chi connectivity index (χ3v) is 2.43. The largest absolute Gasteiger partial charge is 0.357 e. The van der Waals surface area contributed by atoms with E-state index in [1.165, 1.54) is 5.56 Å². The first kappa shape index (κ1) is 8.76. The summed E-state index contributed by atoms with van der Waals surface area (Å²) in [5.41, 5.74) is 4.93. The quantitative estimate of drug-likeness (QED) is 0.741. The lowest BCUT2D eigenvalue weighted by atomic mass is 10.1. The number of aromatic nitrogens is 2. The van der Waals surface area contributed by atoms with E-state index in [1.807, 2.05) is 13.0 Å². The first-order valence-corrected chi connectivity index (χ1v) is 4.63. The lowest BCUT2D eigenvalue weighted by Gasteiger charge is -1.93. The van der Waals surface area contributed by atoms with E-state index in [9.17, 15) is 0 Å². The number of fused-ring (bicyclic) bond motifs is 1. The van der Waals surface area contributed by atoms with E-state index < -0.39 is 0 Å². The van der Waals surface area contributed by atoms with Gasteiger partial charge in [0.05, 0.1) is 16.6 Å². The Bertz CT molecular complexity index is 517. The van der Waals surface area contributed by atoms with Crippen LogP contribution in [0.4, 0.5) is 0 Å². The lowest BCUT2D eigenvalue weighted by molar-refractivity contribution is 1.10. The molecule has 0 aromatic carbocycles. The third kappa shape index (κ3) is 1.16. The van der Waals surface area contributed by atoms with Crippen molar-refractivity contribution < 1.29 is 0 Å². The summed E-state index contributed by atoms with van der Waals surface area (Å²) in [6, 6.07) is 3.93. The normalized spacial score (nSPS) is 10.4. The van der Waals surface area contributed by atoms with Gasteiger partial charge in [-0.3, -0.25) is 4.98 Å². The molecule has 0 saturated heterocycles. The summed E-state index contributed by atoms with van der Waals surface area (Å²) in [6.07, 6.45) is 2.58. The number of rotatable bonds is 1. The predicted molar refractivity (Wildman–Crippen MR) is 54.9 cm³/mol. The van der Waals surface area contributed by atoms with Gasteiger partial charge in [-0.1, -0.05) is 6.92 Å². The molecule has 0 aliphatic rings. The van der Waals surface area contributed by atoms with Crippen LogP contribution in [0.15, 0.2) is 12.3 Å². The zero-order chi connectivity index (χ0) is 10.1. The monoisotopic (exact) mass is 185 g/mol. The van der Waals surface area contributed by atoms with E-state index in [0.717, 1.165) is 23.1 Å². The summed E-state index contributed by atoms with van der Waals surface area (Å²) in [5.74, 6) is 0. The highest BCUT2D eigenvalue weighted by molar-refractivity contribution is 5.81. The Balaban J connectivity index is 2.76. The third-order valence-electron chi connectivity index (χ3n) is 2.43. The molecule has 3 heteroatoms. The lowest BCUT2D eigenvalue weighted by Crippen LogP contribution is -1.83.